The van der Waals surface area contributed by atoms with E-state index in [4.69, 9.17) is 0 Å². The molecule has 0 spiro atoms. The van der Waals surface area contributed by atoms with E-state index in [1.807, 2.05) is 0 Å². The summed E-state index contributed by atoms with van der Waals surface area (Å²) in [4.78, 5) is 2.71. The minimum atomic E-state index is 0.222. The monoisotopic (exact) mass is 243 g/mol. The molecule has 0 aromatic heterocycles. The highest BCUT2D eigenvalue weighted by Crippen LogP contribution is 2.56. The van der Waals surface area contributed by atoms with Gasteiger partial charge in [-0.05, 0) is 58.8 Å². The van der Waals surface area contributed by atoms with Gasteiger partial charge in [0.05, 0.1) is 0 Å². The molecule has 1 rings (SSSR count). The zero-order valence-corrected chi connectivity index (χ0v) is 13.1. The van der Waals surface area contributed by atoms with E-state index >= 15 is 0 Å². The number of hydrogen-bond donors (Lipinski definition) is 0. The van der Waals surface area contributed by atoms with Gasteiger partial charge in [-0.15, -0.1) is 0 Å². The van der Waals surface area contributed by atoms with E-state index in [0.717, 1.165) is 11.3 Å². The van der Waals surface area contributed by atoms with Crippen LogP contribution in [-0.2, 0) is 0 Å². The summed E-state index contributed by atoms with van der Waals surface area (Å²) in [7, 11) is 0.222. The Labute approximate surface area is 104 Å². The molecule has 1 heterocycles. The third-order valence-electron chi connectivity index (χ3n) is 3.94. The van der Waals surface area contributed by atoms with Crippen LogP contribution < -0.4 is 0 Å². The van der Waals surface area contributed by atoms with E-state index in [0.29, 0.717) is 11.6 Å². The highest BCUT2D eigenvalue weighted by atomic mass is 31.1. The molecule has 0 aromatic carbocycles. The van der Waals surface area contributed by atoms with Crippen molar-refractivity contribution in [3.8, 4) is 0 Å². The van der Waals surface area contributed by atoms with E-state index < -0.39 is 0 Å². The van der Waals surface area contributed by atoms with Crippen LogP contribution in [0.15, 0.2) is 0 Å². The number of nitrogens with zero attached hydrogens (tertiary/aromatic N) is 1. The molecule has 1 saturated heterocycles. The average molecular weight is 243 g/mol. The zero-order valence-electron chi connectivity index (χ0n) is 12.2. The molecule has 1 aliphatic rings. The molecule has 0 aliphatic carbocycles. The van der Waals surface area contributed by atoms with Crippen molar-refractivity contribution in [1.82, 2.24) is 4.90 Å². The molecule has 2 heteroatoms. The normalized spacial score (nSPS) is 28.3. The van der Waals surface area contributed by atoms with E-state index in [2.05, 4.69) is 53.4 Å². The zero-order chi connectivity index (χ0) is 12.5. The Morgan fingerprint density at radius 3 is 1.88 bits per heavy atom. The van der Waals surface area contributed by atoms with Crippen LogP contribution in [0.5, 0.6) is 0 Å². The molecule has 1 fully saturated rings. The maximum Gasteiger partial charge on any atom is 0.0196 e. The Morgan fingerprint density at radius 1 is 1.12 bits per heavy atom. The van der Waals surface area contributed by atoms with Crippen molar-refractivity contribution in [2.45, 2.75) is 84.2 Å². The van der Waals surface area contributed by atoms with E-state index in [1.54, 1.807) is 0 Å². The average Bonchev–Trinajstić information content (AvgIpc) is 2.40. The van der Waals surface area contributed by atoms with Gasteiger partial charge in [0.25, 0.3) is 0 Å². The molecule has 0 saturated carbocycles. The van der Waals surface area contributed by atoms with Gasteiger partial charge in [0, 0.05) is 17.9 Å². The van der Waals surface area contributed by atoms with Crippen LogP contribution >= 0.6 is 7.92 Å². The fourth-order valence-electron chi connectivity index (χ4n) is 2.85. The SMILES string of the molecule is CC(C)N(CP1[C@H](C)CC[C@H]1C)C(C)(C)C. The second kappa shape index (κ2) is 5.36. The van der Waals surface area contributed by atoms with Gasteiger partial charge < -0.3 is 0 Å². The first-order chi connectivity index (χ1) is 7.23. The Hall–Kier alpha value is 0.390. The van der Waals surface area contributed by atoms with Crippen molar-refractivity contribution in [2.24, 2.45) is 0 Å². The lowest BCUT2D eigenvalue weighted by atomic mass is 10.1. The van der Waals surface area contributed by atoms with Crippen molar-refractivity contribution >= 4 is 7.92 Å². The van der Waals surface area contributed by atoms with Crippen molar-refractivity contribution in [2.75, 3.05) is 6.29 Å². The predicted octanol–water partition coefficient (Wildman–Crippen LogP) is 4.51. The number of rotatable bonds is 3. The quantitative estimate of drug-likeness (QED) is 0.659. The topological polar surface area (TPSA) is 3.24 Å². The number of hydrogen-bond acceptors (Lipinski definition) is 1. The second-order valence-corrected chi connectivity index (χ2v) is 9.74. The van der Waals surface area contributed by atoms with Crippen LogP contribution in [0.25, 0.3) is 0 Å². The lowest BCUT2D eigenvalue weighted by molar-refractivity contribution is 0.125. The Kier molecular flexibility index (Phi) is 4.84. The molecule has 0 unspecified atom stereocenters. The van der Waals surface area contributed by atoms with Gasteiger partial charge in [0.2, 0.25) is 0 Å². The third-order valence-corrected chi connectivity index (χ3v) is 7.35. The van der Waals surface area contributed by atoms with Crippen molar-refractivity contribution in [3.05, 3.63) is 0 Å². The fourth-order valence-corrected chi connectivity index (χ4v) is 6.34. The lowest BCUT2D eigenvalue weighted by Gasteiger charge is -2.42. The molecule has 0 aromatic rings. The second-order valence-electron chi connectivity index (χ2n) is 6.67. The summed E-state index contributed by atoms with van der Waals surface area (Å²) >= 11 is 0. The molecule has 0 radical (unpaired) electrons. The van der Waals surface area contributed by atoms with Crippen molar-refractivity contribution < 1.29 is 0 Å². The predicted molar refractivity (Wildman–Crippen MR) is 76.7 cm³/mol. The van der Waals surface area contributed by atoms with Gasteiger partial charge >= 0.3 is 0 Å². The van der Waals surface area contributed by atoms with Crippen LogP contribution in [0.1, 0.15) is 61.3 Å². The molecular formula is C14H30NP. The largest absolute Gasteiger partial charge is 0.292 e. The summed E-state index contributed by atoms with van der Waals surface area (Å²) in [5, 5.41) is 0. The maximum absolute atomic E-state index is 2.71. The first kappa shape index (κ1) is 14.5. The minimum absolute atomic E-state index is 0.222. The molecule has 0 amide bonds. The first-order valence-corrected chi connectivity index (χ1v) is 8.42. The first-order valence-electron chi connectivity index (χ1n) is 6.76. The molecule has 0 N–H and O–H groups in total. The van der Waals surface area contributed by atoms with Crippen LogP contribution in [0.4, 0.5) is 0 Å². The molecular weight excluding hydrogens is 213 g/mol. The smallest absolute Gasteiger partial charge is 0.0196 e. The maximum atomic E-state index is 2.71. The summed E-state index contributed by atoms with van der Waals surface area (Å²) in [5.41, 5.74) is 2.28. The third kappa shape index (κ3) is 3.44. The van der Waals surface area contributed by atoms with Crippen molar-refractivity contribution in [3.63, 3.8) is 0 Å². The van der Waals surface area contributed by atoms with Gasteiger partial charge in [0.1, 0.15) is 0 Å². The fraction of sp³-hybridized carbons (Fsp3) is 1.00. The van der Waals surface area contributed by atoms with E-state index in [1.165, 1.54) is 19.1 Å². The van der Waals surface area contributed by atoms with Gasteiger partial charge in [0.15, 0.2) is 0 Å². The minimum Gasteiger partial charge on any atom is -0.292 e. The standard InChI is InChI=1S/C14H30NP/c1-11(2)15(14(5,6)7)10-16-12(3)8-9-13(16)4/h11-13H,8-10H2,1-7H3/t12-,13-/m1/s1. The highest BCUT2D eigenvalue weighted by Gasteiger charge is 2.34. The summed E-state index contributed by atoms with van der Waals surface area (Å²) in [6.45, 7) is 16.7. The summed E-state index contributed by atoms with van der Waals surface area (Å²) < 4.78 is 0. The Bertz CT molecular complexity index is 209. The van der Waals surface area contributed by atoms with Crippen LogP contribution in [0.3, 0.4) is 0 Å². The van der Waals surface area contributed by atoms with Gasteiger partial charge in [-0.1, -0.05) is 21.8 Å². The molecule has 2 atom stereocenters. The van der Waals surface area contributed by atoms with Crippen LogP contribution in [-0.4, -0.2) is 34.1 Å². The summed E-state index contributed by atoms with van der Waals surface area (Å²) in [6.07, 6.45) is 4.27. The molecule has 16 heavy (non-hydrogen) atoms. The lowest BCUT2D eigenvalue weighted by Crippen LogP contribution is -2.46. The van der Waals surface area contributed by atoms with E-state index in [-0.39, 0.29) is 7.92 Å². The van der Waals surface area contributed by atoms with Gasteiger partial charge in [-0.3, -0.25) is 4.90 Å². The van der Waals surface area contributed by atoms with Crippen molar-refractivity contribution in [1.29, 1.82) is 0 Å². The summed E-state index contributed by atoms with van der Waals surface area (Å²) in [5.74, 6) is 0. The molecule has 1 nitrogen and oxygen atoms in total. The van der Waals surface area contributed by atoms with Crippen LogP contribution in [0, 0.1) is 0 Å². The highest BCUT2D eigenvalue weighted by molar-refractivity contribution is 7.59. The van der Waals surface area contributed by atoms with Crippen LogP contribution in [0.2, 0.25) is 0 Å². The molecule has 1 aliphatic heterocycles. The molecule has 96 valence electrons. The summed E-state index contributed by atoms with van der Waals surface area (Å²) in [6, 6.07) is 0.669. The van der Waals surface area contributed by atoms with E-state index in [9.17, 15) is 0 Å². The van der Waals surface area contributed by atoms with Gasteiger partial charge in [-0.2, -0.15) is 0 Å². The van der Waals surface area contributed by atoms with Gasteiger partial charge in [-0.25, -0.2) is 0 Å². The Balaban J connectivity index is 2.68. The Morgan fingerprint density at radius 2 is 1.56 bits per heavy atom. The molecule has 0 bridgehead atoms.